The third kappa shape index (κ3) is 3.58. The first-order valence-corrected chi connectivity index (χ1v) is 8.53. The molecule has 3 aromatic heterocycles. The maximum absolute atomic E-state index is 12.6. The summed E-state index contributed by atoms with van der Waals surface area (Å²) in [6, 6.07) is 5.21. The molecule has 23 heavy (non-hydrogen) atoms. The Kier molecular flexibility index (Phi) is 5.01. The molecule has 5 nitrogen and oxygen atoms in total. The number of hydrogen-bond donors (Lipinski definition) is 2. The Morgan fingerprint density at radius 1 is 1.43 bits per heavy atom. The number of nitrogens with two attached hydrogens (primary N) is 1. The van der Waals surface area contributed by atoms with Gasteiger partial charge in [-0.1, -0.05) is 17.7 Å². The number of rotatable bonds is 6. The van der Waals surface area contributed by atoms with Crippen LogP contribution in [-0.4, -0.2) is 27.3 Å². The van der Waals surface area contributed by atoms with E-state index in [1.807, 2.05) is 23.6 Å². The van der Waals surface area contributed by atoms with Crippen LogP contribution in [0.4, 0.5) is 10.2 Å². The van der Waals surface area contributed by atoms with Crippen molar-refractivity contribution in [3.63, 3.8) is 0 Å². The predicted octanol–water partition coefficient (Wildman–Crippen LogP) is 3.55. The van der Waals surface area contributed by atoms with Crippen molar-refractivity contribution in [1.82, 2.24) is 14.6 Å². The molecule has 0 saturated heterocycles. The van der Waals surface area contributed by atoms with Crippen LogP contribution in [0.3, 0.4) is 0 Å². The molecule has 0 saturated carbocycles. The summed E-state index contributed by atoms with van der Waals surface area (Å²) in [7, 11) is 0. The van der Waals surface area contributed by atoms with Gasteiger partial charge in [-0.05, 0) is 41.1 Å². The number of hydrogen-bond acceptors (Lipinski definition) is 5. The van der Waals surface area contributed by atoms with E-state index in [9.17, 15) is 4.39 Å². The highest BCUT2D eigenvalue weighted by atomic mass is 35.5. The van der Waals surface area contributed by atoms with Crippen molar-refractivity contribution in [1.29, 1.82) is 0 Å². The van der Waals surface area contributed by atoms with E-state index in [0.29, 0.717) is 35.0 Å². The lowest BCUT2D eigenvalue weighted by molar-refractivity contribution is 0.427. The van der Waals surface area contributed by atoms with E-state index in [1.54, 1.807) is 11.3 Å². The molecular formula is C14H14Cl2FN5S. The highest BCUT2D eigenvalue weighted by molar-refractivity contribution is 7.09. The minimum Gasteiger partial charge on any atom is -0.363 e. The van der Waals surface area contributed by atoms with Gasteiger partial charge >= 0.3 is 0 Å². The van der Waals surface area contributed by atoms with Crippen LogP contribution in [0.1, 0.15) is 10.4 Å². The largest absolute Gasteiger partial charge is 0.363 e. The topological polar surface area (TPSA) is 68.2 Å². The highest BCUT2D eigenvalue weighted by Crippen LogP contribution is 2.27. The van der Waals surface area contributed by atoms with Crippen LogP contribution in [-0.2, 0) is 13.0 Å². The normalized spacial score (nSPS) is 12.7. The van der Waals surface area contributed by atoms with Crippen LogP contribution in [0, 0.1) is 0 Å². The number of alkyl halides is 1. The molecule has 0 aliphatic rings. The Hall–Kier alpha value is -1.41. The van der Waals surface area contributed by atoms with Crippen molar-refractivity contribution < 1.29 is 4.39 Å². The molecule has 122 valence electrons. The molecule has 9 heteroatoms. The van der Waals surface area contributed by atoms with Crippen molar-refractivity contribution in [3.05, 3.63) is 44.5 Å². The van der Waals surface area contributed by atoms with Gasteiger partial charge in [-0.15, -0.1) is 16.4 Å². The van der Waals surface area contributed by atoms with Gasteiger partial charge < -0.3 is 11.1 Å². The van der Waals surface area contributed by atoms with Crippen LogP contribution in [0.15, 0.2) is 23.6 Å². The maximum Gasteiger partial charge on any atom is 0.243 e. The second-order valence-corrected chi connectivity index (χ2v) is 6.77. The van der Waals surface area contributed by atoms with Gasteiger partial charge in [0.2, 0.25) is 5.28 Å². The molecule has 0 unspecified atom stereocenters. The molecule has 0 fully saturated rings. The molecule has 3 aromatic rings. The molecule has 0 aliphatic carbocycles. The number of aromatic nitrogens is 3. The van der Waals surface area contributed by atoms with Crippen molar-refractivity contribution in [2.45, 2.75) is 19.0 Å². The molecule has 3 N–H and O–H groups in total. The van der Waals surface area contributed by atoms with Crippen LogP contribution in [0.2, 0.25) is 10.4 Å². The van der Waals surface area contributed by atoms with Gasteiger partial charge in [0.05, 0.1) is 6.54 Å². The third-order valence-electron chi connectivity index (χ3n) is 3.31. The van der Waals surface area contributed by atoms with E-state index in [0.717, 1.165) is 4.88 Å². The molecule has 3 heterocycles. The lowest BCUT2D eigenvalue weighted by atomic mass is 10.1. The minimum atomic E-state index is -0.613. The number of nitrogens with zero attached hydrogens (tertiary/aromatic N) is 3. The molecule has 0 aromatic carbocycles. The fourth-order valence-electron chi connectivity index (χ4n) is 2.24. The molecule has 0 amide bonds. The van der Waals surface area contributed by atoms with E-state index in [-0.39, 0.29) is 5.28 Å². The lowest BCUT2D eigenvalue weighted by Crippen LogP contribution is -2.24. The minimum absolute atomic E-state index is 0.0741. The highest BCUT2D eigenvalue weighted by Gasteiger charge is 2.17. The van der Waals surface area contributed by atoms with Crippen molar-refractivity contribution >= 4 is 45.9 Å². The summed E-state index contributed by atoms with van der Waals surface area (Å²) in [6.45, 7) is 0.00123. The van der Waals surface area contributed by atoms with Crippen LogP contribution in [0.25, 0.3) is 5.52 Å². The number of fused-ring (bicyclic) bond motifs is 1. The Balaban J connectivity index is 1.95. The Labute approximate surface area is 146 Å². The maximum atomic E-state index is 12.6. The second-order valence-electron chi connectivity index (χ2n) is 5.04. The zero-order chi connectivity index (χ0) is 16.4. The molecule has 0 aliphatic heterocycles. The Morgan fingerprint density at radius 3 is 2.96 bits per heavy atom. The van der Waals surface area contributed by atoms with E-state index < -0.39 is 12.7 Å². The fourth-order valence-corrected chi connectivity index (χ4v) is 3.31. The molecule has 3 rings (SSSR count). The van der Waals surface area contributed by atoms with Crippen LogP contribution < -0.4 is 11.1 Å². The summed E-state index contributed by atoms with van der Waals surface area (Å²) in [5.41, 5.74) is 7.06. The molecule has 0 radical (unpaired) electrons. The summed E-state index contributed by atoms with van der Waals surface area (Å²) in [6.07, 6.45) is 0.320. The van der Waals surface area contributed by atoms with Crippen molar-refractivity contribution in [2.75, 3.05) is 12.0 Å². The second kappa shape index (κ2) is 7.00. The van der Waals surface area contributed by atoms with Gasteiger partial charge in [-0.2, -0.15) is 4.98 Å². The summed E-state index contributed by atoms with van der Waals surface area (Å²) in [4.78, 5) is 5.38. The average Bonchev–Trinajstić information content (AvgIpc) is 3.15. The number of nitrogens with one attached hydrogen (secondary N) is 1. The van der Waals surface area contributed by atoms with E-state index in [1.165, 1.54) is 4.52 Å². The molecular weight excluding hydrogens is 360 g/mol. The average molecular weight is 374 g/mol. The number of anilines is 1. The van der Waals surface area contributed by atoms with Gasteiger partial charge in [0, 0.05) is 10.9 Å². The SMILES string of the molecule is N[C@@H](CF)Cc1cc2c(NCc3cccs3)nc(Cl)nn2c1Cl. The van der Waals surface area contributed by atoms with E-state index in [2.05, 4.69) is 15.4 Å². The first-order chi connectivity index (χ1) is 11.1. The summed E-state index contributed by atoms with van der Waals surface area (Å²) in [5, 5.41) is 9.78. The smallest absolute Gasteiger partial charge is 0.243 e. The first-order valence-electron chi connectivity index (χ1n) is 6.90. The Morgan fingerprint density at radius 2 is 2.26 bits per heavy atom. The van der Waals surface area contributed by atoms with E-state index >= 15 is 0 Å². The lowest BCUT2D eigenvalue weighted by Gasteiger charge is -2.06. The fraction of sp³-hybridized carbons (Fsp3) is 0.286. The quantitative estimate of drug-likeness (QED) is 0.693. The summed E-state index contributed by atoms with van der Waals surface area (Å²) >= 11 is 13.9. The monoisotopic (exact) mass is 373 g/mol. The summed E-state index contributed by atoms with van der Waals surface area (Å²) < 4.78 is 14.1. The van der Waals surface area contributed by atoms with Gasteiger partial charge in [0.25, 0.3) is 0 Å². The molecule has 0 spiro atoms. The van der Waals surface area contributed by atoms with Crippen LogP contribution >= 0.6 is 34.5 Å². The predicted molar refractivity (Wildman–Crippen MR) is 92.3 cm³/mol. The molecule has 1 atom stereocenters. The molecule has 0 bridgehead atoms. The zero-order valence-corrected chi connectivity index (χ0v) is 14.3. The standard InChI is InChI=1S/C14H14Cl2FN5S/c15-12-8(4-9(18)6-17)5-11-13(20-14(16)21-22(11)12)19-7-10-2-1-3-23-10/h1-3,5,9H,4,6-7,18H2,(H,19,20,21)/t9-/m1/s1. The van der Waals surface area contributed by atoms with Gasteiger partial charge in [-0.25, -0.2) is 8.91 Å². The van der Waals surface area contributed by atoms with Gasteiger partial charge in [0.15, 0.2) is 5.82 Å². The van der Waals surface area contributed by atoms with E-state index in [4.69, 9.17) is 28.9 Å². The zero-order valence-electron chi connectivity index (χ0n) is 12.0. The van der Waals surface area contributed by atoms with Gasteiger partial charge in [-0.3, -0.25) is 0 Å². The third-order valence-corrected chi connectivity index (χ3v) is 4.75. The first kappa shape index (κ1) is 16.4. The van der Waals surface area contributed by atoms with Gasteiger partial charge in [0.1, 0.15) is 17.3 Å². The number of halogens is 3. The summed E-state index contributed by atoms with van der Waals surface area (Å²) in [5.74, 6) is 0.570. The van der Waals surface area contributed by atoms with Crippen LogP contribution in [0.5, 0.6) is 0 Å². The van der Waals surface area contributed by atoms with Crippen molar-refractivity contribution in [3.8, 4) is 0 Å². The number of thiophene rings is 1. The Bertz CT molecular complexity index is 805. The van der Waals surface area contributed by atoms with Crippen molar-refractivity contribution in [2.24, 2.45) is 5.73 Å².